The summed E-state index contributed by atoms with van der Waals surface area (Å²) >= 11 is 0. The fourth-order valence-electron chi connectivity index (χ4n) is 3.65. The van der Waals surface area contributed by atoms with E-state index in [4.69, 9.17) is 0 Å². The highest BCUT2D eigenvalue weighted by atomic mass is 32.2. The second-order valence-corrected chi connectivity index (χ2v) is 10.8. The molecular weight excluding hydrogens is 455 g/mol. The van der Waals surface area contributed by atoms with E-state index in [1.54, 1.807) is 6.92 Å². The minimum Gasteiger partial charge on any atom is -0.501 e. The highest BCUT2D eigenvalue weighted by Crippen LogP contribution is 2.33. The Balaban J connectivity index is 1.69. The van der Waals surface area contributed by atoms with Crippen LogP contribution in [0, 0.1) is 12.7 Å². The number of nitrogens with zero attached hydrogens (tertiary/aromatic N) is 5. The first-order valence-corrected chi connectivity index (χ1v) is 11.6. The maximum absolute atomic E-state index is 13.8. The second-order valence-electron chi connectivity index (χ2n) is 8.09. The van der Waals surface area contributed by atoms with Crippen LogP contribution in [0.2, 0.25) is 0 Å². The molecule has 13 heteroatoms. The Morgan fingerprint density at radius 1 is 1.33 bits per heavy atom. The smallest absolute Gasteiger partial charge is 0.296 e. The van der Waals surface area contributed by atoms with E-state index in [1.165, 1.54) is 43.1 Å². The van der Waals surface area contributed by atoms with Crippen molar-refractivity contribution in [1.29, 1.82) is 0 Å². The molecule has 33 heavy (non-hydrogen) atoms. The lowest BCUT2D eigenvalue weighted by molar-refractivity contribution is 0.0941. The Morgan fingerprint density at radius 2 is 2.06 bits per heavy atom. The second kappa shape index (κ2) is 7.76. The van der Waals surface area contributed by atoms with Gasteiger partial charge in [0.05, 0.1) is 11.4 Å². The van der Waals surface area contributed by atoms with Crippen molar-refractivity contribution in [3.8, 4) is 11.4 Å². The normalized spacial score (nSPS) is 16.2. The topological polar surface area (TPSA) is 149 Å². The van der Waals surface area contributed by atoms with Crippen LogP contribution < -0.4 is 10.9 Å². The molecule has 0 saturated carbocycles. The Morgan fingerprint density at radius 3 is 2.73 bits per heavy atom. The molecule has 0 radical (unpaired) electrons. The number of amides is 1. The van der Waals surface area contributed by atoms with Gasteiger partial charge in [-0.25, -0.2) is 27.5 Å². The Bertz CT molecular complexity index is 1440. The number of carbonyl (C=O) groups is 1. The highest BCUT2D eigenvalue weighted by Gasteiger charge is 2.44. The summed E-state index contributed by atoms with van der Waals surface area (Å²) in [6, 6.07) is 3.90. The van der Waals surface area contributed by atoms with Gasteiger partial charge in [0.25, 0.3) is 11.5 Å². The molecule has 0 aliphatic carbocycles. The molecule has 0 bridgehead atoms. The molecule has 1 aliphatic heterocycles. The van der Waals surface area contributed by atoms with E-state index in [0.29, 0.717) is 17.1 Å². The molecule has 11 nitrogen and oxygen atoms in total. The molecule has 0 atom stereocenters. The van der Waals surface area contributed by atoms with Crippen LogP contribution in [0.15, 0.2) is 29.3 Å². The van der Waals surface area contributed by atoms with Gasteiger partial charge in [-0.05, 0) is 38.5 Å². The van der Waals surface area contributed by atoms with Gasteiger partial charge in [0.2, 0.25) is 5.75 Å². The first kappa shape index (κ1) is 22.6. The Labute approximate surface area is 187 Å². The molecule has 0 fully saturated rings. The van der Waals surface area contributed by atoms with Crippen LogP contribution in [0.5, 0.6) is 5.75 Å². The predicted octanol–water partition coefficient (Wildman–Crippen LogP) is 0.571. The van der Waals surface area contributed by atoms with Crippen LogP contribution in [-0.2, 0) is 27.7 Å². The fraction of sp³-hybridized carbons (Fsp3) is 0.350. The van der Waals surface area contributed by atoms with Crippen LogP contribution in [0.25, 0.3) is 5.69 Å². The van der Waals surface area contributed by atoms with Crippen molar-refractivity contribution in [2.75, 3.05) is 5.75 Å². The first-order chi connectivity index (χ1) is 15.4. The van der Waals surface area contributed by atoms with E-state index in [-0.39, 0.29) is 24.7 Å². The van der Waals surface area contributed by atoms with Crippen LogP contribution in [0.3, 0.4) is 0 Å². The van der Waals surface area contributed by atoms with E-state index in [0.717, 1.165) is 4.57 Å². The van der Waals surface area contributed by atoms with Gasteiger partial charge in [-0.1, -0.05) is 6.07 Å². The minimum atomic E-state index is -3.63. The van der Waals surface area contributed by atoms with Gasteiger partial charge in [-0.15, -0.1) is 0 Å². The van der Waals surface area contributed by atoms with Crippen LogP contribution in [-0.4, -0.2) is 49.5 Å². The summed E-state index contributed by atoms with van der Waals surface area (Å²) in [7, 11) is -3.63. The van der Waals surface area contributed by atoms with Crippen molar-refractivity contribution in [2.24, 2.45) is 0 Å². The third-order valence-electron chi connectivity index (χ3n) is 5.69. The number of nitrogens with one attached hydrogen (secondary N) is 1. The van der Waals surface area contributed by atoms with Gasteiger partial charge >= 0.3 is 0 Å². The molecular formula is C20H21FN6O5S. The zero-order valence-electron chi connectivity index (χ0n) is 18.0. The summed E-state index contributed by atoms with van der Waals surface area (Å²) in [5.41, 5.74) is -0.651. The number of aryl methyl sites for hydroxylation is 1. The van der Waals surface area contributed by atoms with E-state index < -0.39 is 43.3 Å². The average Bonchev–Trinajstić information content (AvgIpc) is 3.18. The summed E-state index contributed by atoms with van der Waals surface area (Å²) in [4.78, 5) is 33.6. The number of fused-ring (bicyclic) bond motifs is 1. The molecule has 1 aromatic carbocycles. The number of halogens is 1. The Hall–Kier alpha value is -3.61. The third-order valence-corrected chi connectivity index (χ3v) is 8.15. The van der Waals surface area contributed by atoms with E-state index >= 15 is 0 Å². The zero-order chi connectivity index (χ0) is 24.1. The number of carbonyl (C=O) groups excluding carboxylic acids is 1. The molecule has 2 aromatic heterocycles. The molecule has 174 valence electrons. The average molecular weight is 476 g/mol. The number of benzene rings is 1. The molecule has 3 heterocycles. The standard InChI is InChI=1S/C20H21FN6O5S/c1-11-23-10-24-27(11)14-8-13(21)5-4-12(14)9-22-17(29)15-16(28)18(30)26-6-7-33(31,32)20(2,3)19(26)25-15/h4-5,8,10,28H,6-7,9H2,1-3H3,(H,22,29). The van der Waals surface area contributed by atoms with E-state index in [1.807, 2.05) is 0 Å². The SMILES string of the molecule is Cc1ncnn1-c1cc(F)ccc1CNC(=O)c1nc2n(c(=O)c1O)CCS(=O)(=O)C2(C)C. The number of hydrogen-bond donors (Lipinski definition) is 2. The molecule has 0 spiro atoms. The van der Waals surface area contributed by atoms with Gasteiger partial charge in [-0.2, -0.15) is 5.10 Å². The Kier molecular flexibility index (Phi) is 5.31. The molecule has 0 unspecified atom stereocenters. The van der Waals surface area contributed by atoms with Crippen LogP contribution >= 0.6 is 0 Å². The van der Waals surface area contributed by atoms with E-state index in [2.05, 4.69) is 20.4 Å². The summed E-state index contributed by atoms with van der Waals surface area (Å²) in [5, 5.41) is 16.9. The predicted molar refractivity (Wildman–Crippen MR) is 114 cm³/mol. The molecule has 3 aromatic rings. The van der Waals surface area contributed by atoms with Crippen molar-refractivity contribution in [2.45, 2.75) is 38.6 Å². The quantitative estimate of drug-likeness (QED) is 0.555. The van der Waals surface area contributed by atoms with Crippen molar-refractivity contribution in [1.82, 2.24) is 29.6 Å². The van der Waals surface area contributed by atoms with E-state index in [9.17, 15) is 27.5 Å². The molecule has 1 amide bonds. The van der Waals surface area contributed by atoms with Crippen LogP contribution in [0.4, 0.5) is 4.39 Å². The van der Waals surface area contributed by atoms with Gasteiger partial charge in [0, 0.05) is 13.1 Å². The zero-order valence-corrected chi connectivity index (χ0v) is 18.8. The maximum atomic E-state index is 13.8. The highest BCUT2D eigenvalue weighted by molar-refractivity contribution is 7.92. The maximum Gasteiger partial charge on any atom is 0.296 e. The van der Waals surface area contributed by atoms with Gasteiger partial charge in [0.15, 0.2) is 15.5 Å². The number of rotatable bonds is 4. The van der Waals surface area contributed by atoms with Crippen molar-refractivity contribution in [3.05, 3.63) is 63.6 Å². The lowest BCUT2D eigenvalue weighted by atomic mass is 10.1. The molecule has 1 aliphatic rings. The lowest BCUT2D eigenvalue weighted by Gasteiger charge is -2.32. The summed E-state index contributed by atoms with van der Waals surface area (Å²) in [5.74, 6) is -2.19. The number of aromatic nitrogens is 5. The number of sulfone groups is 1. The third kappa shape index (κ3) is 3.67. The summed E-state index contributed by atoms with van der Waals surface area (Å²) < 4.78 is 39.8. The van der Waals surface area contributed by atoms with Crippen molar-refractivity contribution in [3.63, 3.8) is 0 Å². The molecule has 4 rings (SSSR count). The van der Waals surface area contributed by atoms with Crippen molar-refractivity contribution >= 4 is 15.7 Å². The van der Waals surface area contributed by atoms with Crippen molar-refractivity contribution < 1.29 is 22.7 Å². The van der Waals surface area contributed by atoms with Crippen LogP contribution in [0.1, 0.15) is 41.5 Å². The minimum absolute atomic E-state index is 0.116. The van der Waals surface area contributed by atoms with Gasteiger partial charge in [-0.3, -0.25) is 14.2 Å². The monoisotopic (exact) mass is 476 g/mol. The molecule has 2 N–H and O–H groups in total. The largest absolute Gasteiger partial charge is 0.501 e. The first-order valence-electron chi connectivity index (χ1n) is 9.94. The summed E-state index contributed by atoms with van der Waals surface area (Å²) in [6.45, 7) is 4.18. The number of aromatic hydroxyl groups is 1. The number of hydrogen-bond acceptors (Lipinski definition) is 8. The van der Waals surface area contributed by atoms with Gasteiger partial charge < -0.3 is 10.4 Å². The fourth-order valence-corrected chi connectivity index (χ4v) is 5.02. The lowest BCUT2D eigenvalue weighted by Crippen LogP contribution is -2.46. The summed E-state index contributed by atoms with van der Waals surface area (Å²) in [6.07, 6.45) is 1.31. The van der Waals surface area contributed by atoms with Gasteiger partial charge in [0.1, 0.15) is 28.5 Å². The molecule has 0 saturated heterocycles.